The molecule has 0 saturated heterocycles. The Hall–Kier alpha value is -4.30. The van der Waals surface area contributed by atoms with Crippen LogP contribution in [-0.2, 0) is 4.79 Å². The number of aromatic nitrogens is 5. The second-order valence-electron chi connectivity index (χ2n) is 6.37. The number of hydrogen-bond donors (Lipinski definition) is 3. The largest absolute Gasteiger partial charge is 0.573 e. The molecule has 0 aliphatic rings. The van der Waals surface area contributed by atoms with Crippen LogP contribution >= 0.6 is 0 Å². The highest BCUT2D eigenvalue weighted by Gasteiger charge is 2.38. The lowest BCUT2D eigenvalue weighted by atomic mass is 10.1. The number of aliphatic carboxylic acids is 1. The van der Waals surface area contributed by atoms with Crippen molar-refractivity contribution in [1.29, 1.82) is 0 Å². The summed E-state index contributed by atoms with van der Waals surface area (Å²) in [5.41, 5.74) is 2.65. The van der Waals surface area contributed by atoms with Gasteiger partial charge in [0.1, 0.15) is 5.75 Å². The number of rotatable bonds is 4. The normalized spacial score (nSPS) is 11.6. The number of imidazole rings is 1. The molecule has 1 aromatic carbocycles. The van der Waals surface area contributed by atoms with Gasteiger partial charge in [-0.3, -0.25) is 0 Å². The Bertz CT molecular complexity index is 1270. The third kappa shape index (κ3) is 5.54. The number of hydrogen-bond acceptors (Lipinski definition) is 6. The molecule has 0 aliphatic carbocycles. The Labute approximate surface area is 186 Å². The van der Waals surface area contributed by atoms with E-state index in [9.17, 15) is 26.3 Å². The predicted molar refractivity (Wildman–Crippen MR) is 106 cm³/mol. The number of anilines is 1. The van der Waals surface area contributed by atoms with Crippen LogP contribution in [0.2, 0.25) is 0 Å². The van der Waals surface area contributed by atoms with Gasteiger partial charge in [-0.15, -0.1) is 18.3 Å². The van der Waals surface area contributed by atoms with Crippen molar-refractivity contribution in [3.8, 4) is 22.7 Å². The van der Waals surface area contributed by atoms with Crippen molar-refractivity contribution < 1.29 is 41.0 Å². The highest BCUT2D eigenvalue weighted by Crippen LogP contribution is 2.33. The molecule has 0 unspecified atom stereocenters. The fourth-order valence-electron chi connectivity index (χ4n) is 2.81. The molecule has 3 heterocycles. The zero-order valence-electron chi connectivity index (χ0n) is 16.9. The summed E-state index contributed by atoms with van der Waals surface area (Å²) in [5.74, 6) is -2.49. The van der Waals surface area contributed by atoms with Crippen molar-refractivity contribution in [3.63, 3.8) is 0 Å². The number of halogens is 6. The number of carboxylic acids is 1. The van der Waals surface area contributed by atoms with Gasteiger partial charge in [-0.25, -0.2) is 19.4 Å². The second kappa shape index (κ2) is 9.29. The van der Waals surface area contributed by atoms with E-state index >= 15 is 0 Å². The Morgan fingerprint density at radius 2 is 1.74 bits per heavy atom. The third-order valence-electron chi connectivity index (χ3n) is 4.14. The van der Waals surface area contributed by atoms with Crippen LogP contribution in [0.4, 0.5) is 32.2 Å². The second-order valence-corrected chi connectivity index (χ2v) is 6.37. The van der Waals surface area contributed by atoms with E-state index in [2.05, 4.69) is 30.1 Å². The fraction of sp³-hybridized carbons (Fsp3) is 0.158. The van der Waals surface area contributed by atoms with Crippen LogP contribution in [0.1, 0.15) is 0 Å². The molecular weight excluding hydrogens is 474 g/mol. The topological polar surface area (TPSA) is 118 Å². The minimum absolute atomic E-state index is 0.304. The highest BCUT2D eigenvalue weighted by atomic mass is 19.4. The van der Waals surface area contributed by atoms with Crippen LogP contribution in [0.15, 0.2) is 49.1 Å². The average molecular weight is 488 g/mol. The summed E-state index contributed by atoms with van der Waals surface area (Å²) in [6.45, 7) is 0. The highest BCUT2D eigenvalue weighted by molar-refractivity contribution is 6.00. The van der Waals surface area contributed by atoms with Gasteiger partial charge in [-0.2, -0.15) is 13.2 Å². The molecule has 0 atom stereocenters. The number of benzene rings is 1. The van der Waals surface area contributed by atoms with Crippen LogP contribution in [0.3, 0.4) is 0 Å². The molecule has 0 spiro atoms. The van der Waals surface area contributed by atoms with E-state index in [1.807, 2.05) is 6.07 Å². The Balaban J connectivity index is 0.000000406. The van der Waals surface area contributed by atoms with E-state index in [1.165, 1.54) is 24.3 Å². The summed E-state index contributed by atoms with van der Waals surface area (Å²) in [6, 6.07) is 7.25. The number of fused-ring (bicyclic) bond motifs is 1. The van der Waals surface area contributed by atoms with Crippen LogP contribution < -0.4 is 10.1 Å². The van der Waals surface area contributed by atoms with Crippen molar-refractivity contribution >= 4 is 22.8 Å². The molecule has 0 saturated carbocycles. The first kappa shape index (κ1) is 24.3. The number of ether oxygens (including phenoxy) is 1. The molecule has 0 fully saturated rings. The van der Waals surface area contributed by atoms with Crippen molar-refractivity contribution in [1.82, 2.24) is 24.7 Å². The van der Waals surface area contributed by atoms with Crippen molar-refractivity contribution in [2.75, 3.05) is 12.4 Å². The molecule has 3 aromatic heterocycles. The van der Waals surface area contributed by atoms with Crippen LogP contribution in [0.25, 0.3) is 28.0 Å². The summed E-state index contributed by atoms with van der Waals surface area (Å²) in [5, 5.41) is 15.4. The summed E-state index contributed by atoms with van der Waals surface area (Å²) in [4.78, 5) is 20.5. The first-order valence-corrected chi connectivity index (χ1v) is 9.11. The molecule has 180 valence electrons. The van der Waals surface area contributed by atoms with E-state index < -0.39 is 18.5 Å². The molecule has 0 aliphatic heterocycles. The maximum atomic E-state index is 12.3. The van der Waals surface area contributed by atoms with Crippen molar-refractivity contribution in [2.24, 2.45) is 0 Å². The van der Waals surface area contributed by atoms with Crippen LogP contribution in [0.5, 0.6) is 5.75 Å². The lowest BCUT2D eigenvalue weighted by Gasteiger charge is -2.09. The Kier molecular flexibility index (Phi) is 6.65. The zero-order valence-corrected chi connectivity index (χ0v) is 16.9. The van der Waals surface area contributed by atoms with E-state index in [-0.39, 0.29) is 5.75 Å². The number of nitrogens with one attached hydrogen (secondary N) is 2. The standard InChI is InChI=1S/C17H13F3N6O.C2HF3O2/c1-21-15-14-12(13-8-22-9-24-13)6-7-23-16(14)26(25-15)10-2-4-11(5-3-10)27-17(18,19)20;3-2(4,5)1(6)7/h2-9H,1H3,(H,21,25)(H,22,24);(H,6,7). The minimum Gasteiger partial charge on any atom is -0.475 e. The lowest BCUT2D eigenvalue weighted by molar-refractivity contribution is -0.274. The van der Waals surface area contributed by atoms with Gasteiger partial charge >= 0.3 is 18.5 Å². The third-order valence-corrected chi connectivity index (χ3v) is 4.14. The van der Waals surface area contributed by atoms with Gasteiger partial charge in [0.2, 0.25) is 0 Å². The summed E-state index contributed by atoms with van der Waals surface area (Å²) < 4.78 is 74.2. The minimum atomic E-state index is -5.08. The van der Waals surface area contributed by atoms with Crippen molar-refractivity contribution in [2.45, 2.75) is 12.5 Å². The quantitative estimate of drug-likeness (QED) is 0.365. The van der Waals surface area contributed by atoms with Gasteiger partial charge in [0, 0.05) is 25.0 Å². The molecule has 4 rings (SSSR count). The van der Waals surface area contributed by atoms with Gasteiger partial charge in [0.05, 0.1) is 23.1 Å². The van der Waals surface area contributed by atoms with Crippen molar-refractivity contribution in [3.05, 3.63) is 49.1 Å². The Morgan fingerprint density at radius 3 is 2.24 bits per heavy atom. The van der Waals surface area contributed by atoms with Crippen LogP contribution in [0, 0.1) is 0 Å². The SMILES string of the molecule is CNc1nn(-c2ccc(OC(F)(F)F)cc2)c2nccc(-c3c[nH]cn3)c12.O=C(O)C(F)(F)F. The van der Waals surface area contributed by atoms with Gasteiger partial charge in [0.25, 0.3) is 0 Å². The number of carbonyl (C=O) groups is 1. The summed E-state index contributed by atoms with van der Waals surface area (Å²) >= 11 is 0. The fourth-order valence-corrected chi connectivity index (χ4v) is 2.81. The smallest absolute Gasteiger partial charge is 0.475 e. The molecule has 3 N–H and O–H groups in total. The van der Waals surface area contributed by atoms with Crippen LogP contribution in [-0.4, -0.2) is 55.4 Å². The number of H-pyrrole nitrogens is 1. The number of pyridine rings is 1. The monoisotopic (exact) mass is 488 g/mol. The number of alkyl halides is 6. The first-order valence-electron chi connectivity index (χ1n) is 9.11. The molecule has 15 heteroatoms. The Morgan fingerprint density at radius 1 is 1.09 bits per heavy atom. The number of aromatic amines is 1. The molecule has 0 bridgehead atoms. The molecule has 0 amide bonds. The summed E-state index contributed by atoms with van der Waals surface area (Å²) in [6.07, 6.45) is -4.86. The van der Waals surface area contributed by atoms with Gasteiger partial charge < -0.3 is 20.1 Å². The maximum Gasteiger partial charge on any atom is 0.573 e. The zero-order chi connectivity index (χ0) is 25.1. The number of carboxylic acid groups (broad SMARTS) is 1. The average Bonchev–Trinajstić information content (AvgIpc) is 3.41. The maximum absolute atomic E-state index is 12.3. The first-order chi connectivity index (χ1) is 15.9. The molecule has 4 aromatic rings. The van der Waals surface area contributed by atoms with Gasteiger partial charge in [0.15, 0.2) is 11.5 Å². The van der Waals surface area contributed by atoms with E-state index in [0.29, 0.717) is 17.2 Å². The number of nitrogens with zero attached hydrogens (tertiary/aromatic N) is 4. The van der Waals surface area contributed by atoms with E-state index in [4.69, 9.17) is 9.90 Å². The van der Waals surface area contributed by atoms with Gasteiger partial charge in [-0.05, 0) is 30.3 Å². The molecule has 0 radical (unpaired) electrons. The van der Waals surface area contributed by atoms with Gasteiger partial charge in [-0.1, -0.05) is 0 Å². The molecular formula is C19H14F6N6O3. The summed E-state index contributed by atoms with van der Waals surface area (Å²) in [7, 11) is 1.73. The lowest BCUT2D eigenvalue weighted by Crippen LogP contribution is -2.21. The predicted octanol–water partition coefficient (Wildman–Crippen LogP) is 4.38. The molecule has 9 nitrogen and oxygen atoms in total. The van der Waals surface area contributed by atoms with E-state index in [0.717, 1.165) is 16.6 Å². The van der Waals surface area contributed by atoms with E-state index in [1.54, 1.807) is 30.5 Å². The molecule has 34 heavy (non-hydrogen) atoms.